The van der Waals surface area contributed by atoms with E-state index >= 15 is 0 Å². The van der Waals surface area contributed by atoms with Crippen molar-refractivity contribution < 1.29 is 19.4 Å². The van der Waals surface area contributed by atoms with E-state index in [1.54, 1.807) is 12.1 Å². The van der Waals surface area contributed by atoms with Gasteiger partial charge in [0.15, 0.2) is 0 Å². The van der Waals surface area contributed by atoms with Crippen molar-refractivity contribution in [1.29, 1.82) is 0 Å². The number of nitrogens with one attached hydrogen (secondary N) is 2. The zero-order valence-corrected chi connectivity index (χ0v) is 12.9. The van der Waals surface area contributed by atoms with E-state index in [4.69, 9.17) is 0 Å². The molecular weight excluding hydrogens is 332 g/mol. The van der Waals surface area contributed by atoms with E-state index < -0.39 is 27.1 Å². The van der Waals surface area contributed by atoms with Crippen LogP contribution in [0.2, 0.25) is 0 Å². The minimum Gasteiger partial charge on any atom is -0.326 e. The summed E-state index contributed by atoms with van der Waals surface area (Å²) in [6.45, 7) is 1.32. The molecule has 0 saturated heterocycles. The number of nitro benzene ring substituents is 2. The summed E-state index contributed by atoms with van der Waals surface area (Å²) >= 11 is 0. The second-order valence-electron chi connectivity index (χ2n) is 4.93. The van der Waals surface area contributed by atoms with Gasteiger partial charge in [0.25, 0.3) is 17.3 Å². The van der Waals surface area contributed by atoms with Gasteiger partial charge in [-0.15, -0.1) is 0 Å². The van der Waals surface area contributed by atoms with E-state index in [1.807, 2.05) is 0 Å². The van der Waals surface area contributed by atoms with Gasteiger partial charge in [-0.1, -0.05) is 6.07 Å². The van der Waals surface area contributed by atoms with Gasteiger partial charge in [-0.05, 0) is 24.3 Å². The van der Waals surface area contributed by atoms with E-state index in [0.29, 0.717) is 11.4 Å². The van der Waals surface area contributed by atoms with Gasteiger partial charge in [-0.25, -0.2) is 0 Å². The summed E-state index contributed by atoms with van der Waals surface area (Å²) in [5.41, 5.74) is -0.756. The maximum Gasteiger partial charge on any atom is 0.289 e. The molecule has 2 amide bonds. The van der Waals surface area contributed by atoms with E-state index in [0.717, 1.165) is 18.2 Å². The van der Waals surface area contributed by atoms with Crippen molar-refractivity contribution in [2.75, 3.05) is 10.6 Å². The molecule has 128 valence electrons. The Bertz CT molecular complexity index is 880. The predicted octanol–water partition coefficient (Wildman–Crippen LogP) is 2.71. The van der Waals surface area contributed by atoms with Gasteiger partial charge in [0, 0.05) is 24.4 Å². The van der Waals surface area contributed by atoms with E-state index in [1.165, 1.54) is 19.1 Å². The van der Waals surface area contributed by atoms with E-state index in [9.17, 15) is 29.8 Å². The maximum atomic E-state index is 12.3. The molecule has 0 aliphatic heterocycles. The molecule has 0 heterocycles. The number of amides is 2. The molecule has 0 atom stereocenters. The molecule has 10 heteroatoms. The zero-order valence-electron chi connectivity index (χ0n) is 12.9. The van der Waals surface area contributed by atoms with Crippen molar-refractivity contribution >= 4 is 34.6 Å². The smallest absolute Gasteiger partial charge is 0.289 e. The number of hydrogen-bond donors (Lipinski definition) is 2. The van der Waals surface area contributed by atoms with Crippen LogP contribution in [0.15, 0.2) is 42.5 Å². The zero-order chi connectivity index (χ0) is 18.6. The summed E-state index contributed by atoms with van der Waals surface area (Å²) in [6, 6.07) is 8.93. The fourth-order valence-corrected chi connectivity index (χ4v) is 2.05. The van der Waals surface area contributed by atoms with Gasteiger partial charge >= 0.3 is 0 Å². The third-order valence-corrected chi connectivity index (χ3v) is 3.07. The first-order chi connectivity index (χ1) is 11.8. The average molecular weight is 344 g/mol. The van der Waals surface area contributed by atoms with Crippen molar-refractivity contribution in [3.8, 4) is 0 Å². The standard InChI is InChI=1S/C15H12N4O6/c1-9(20)16-10-3-2-4-11(7-10)17-15(21)13-6-5-12(18(22)23)8-14(13)19(24)25/h2-8H,1H3,(H,16,20)(H,17,21). The summed E-state index contributed by atoms with van der Waals surface area (Å²) in [6.07, 6.45) is 0. The summed E-state index contributed by atoms with van der Waals surface area (Å²) in [4.78, 5) is 43.5. The number of non-ortho nitro benzene ring substituents is 1. The number of benzene rings is 2. The van der Waals surface area contributed by atoms with Gasteiger partial charge in [-0.2, -0.15) is 0 Å². The summed E-state index contributed by atoms with van der Waals surface area (Å²) in [5, 5.41) is 26.8. The molecule has 0 saturated carbocycles. The SMILES string of the molecule is CC(=O)Nc1cccc(NC(=O)c2ccc([N+](=O)[O-])cc2[N+](=O)[O-])c1. The van der Waals surface area contributed by atoms with Crippen LogP contribution < -0.4 is 10.6 Å². The Hall–Kier alpha value is -3.82. The van der Waals surface area contributed by atoms with Crippen LogP contribution in [0.4, 0.5) is 22.7 Å². The van der Waals surface area contributed by atoms with Gasteiger partial charge in [0.05, 0.1) is 15.9 Å². The van der Waals surface area contributed by atoms with Crippen LogP contribution in [0.3, 0.4) is 0 Å². The largest absolute Gasteiger partial charge is 0.326 e. The average Bonchev–Trinajstić information content (AvgIpc) is 2.53. The fourth-order valence-electron chi connectivity index (χ4n) is 2.05. The van der Waals surface area contributed by atoms with Gasteiger partial charge < -0.3 is 10.6 Å². The Morgan fingerprint density at radius 3 is 2.12 bits per heavy atom. The topological polar surface area (TPSA) is 144 Å². The summed E-state index contributed by atoms with van der Waals surface area (Å²) in [5.74, 6) is -1.10. The quantitative estimate of drug-likeness (QED) is 0.630. The highest BCUT2D eigenvalue weighted by Gasteiger charge is 2.24. The molecule has 0 spiro atoms. The monoisotopic (exact) mass is 344 g/mol. The highest BCUT2D eigenvalue weighted by Crippen LogP contribution is 2.26. The Kier molecular flexibility index (Phi) is 5.03. The van der Waals surface area contributed by atoms with Crippen LogP contribution in [0.25, 0.3) is 0 Å². The molecule has 2 rings (SSSR count). The Morgan fingerprint density at radius 1 is 0.920 bits per heavy atom. The fraction of sp³-hybridized carbons (Fsp3) is 0.0667. The molecular formula is C15H12N4O6. The summed E-state index contributed by atoms with van der Waals surface area (Å²) < 4.78 is 0. The van der Waals surface area contributed by atoms with Crippen LogP contribution >= 0.6 is 0 Å². The third-order valence-electron chi connectivity index (χ3n) is 3.07. The maximum absolute atomic E-state index is 12.3. The number of hydrogen-bond acceptors (Lipinski definition) is 6. The van der Waals surface area contributed by atoms with Gasteiger partial charge in [0.1, 0.15) is 5.56 Å². The van der Waals surface area contributed by atoms with E-state index in [-0.39, 0.29) is 11.5 Å². The van der Waals surface area contributed by atoms with Crippen molar-refractivity contribution in [2.24, 2.45) is 0 Å². The molecule has 0 fully saturated rings. The van der Waals surface area contributed by atoms with Crippen molar-refractivity contribution in [3.63, 3.8) is 0 Å². The molecule has 25 heavy (non-hydrogen) atoms. The Morgan fingerprint density at radius 2 is 1.56 bits per heavy atom. The van der Waals surface area contributed by atoms with Crippen molar-refractivity contribution in [2.45, 2.75) is 6.92 Å². The third kappa shape index (κ3) is 4.34. The molecule has 0 aliphatic carbocycles. The molecule has 0 bridgehead atoms. The second-order valence-corrected chi connectivity index (χ2v) is 4.93. The number of anilines is 2. The van der Waals surface area contributed by atoms with Crippen LogP contribution in [0.5, 0.6) is 0 Å². The number of carbonyl (C=O) groups excluding carboxylic acids is 2. The lowest BCUT2D eigenvalue weighted by Gasteiger charge is -2.08. The molecule has 0 aromatic heterocycles. The minimum absolute atomic E-state index is 0.295. The lowest BCUT2D eigenvalue weighted by atomic mass is 10.1. The highest BCUT2D eigenvalue weighted by molar-refractivity contribution is 6.07. The summed E-state index contributed by atoms with van der Waals surface area (Å²) in [7, 11) is 0. The first-order valence-corrected chi connectivity index (χ1v) is 6.90. The van der Waals surface area contributed by atoms with Crippen LogP contribution in [0.1, 0.15) is 17.3 Å². The Balaban J connectivity index is 2.30. The molecule has 0 radical (unpaired) electrons. The first-order valence-electron chi connectivity index (χ1n) is 6.90. The Labute approximate surface area is 140 Å². The second kappa shape index (κ2) is 7.17. The van der Waals surface area contributed by atoms with Crippen LogP contribution in [0, 0.1) is 20.2 Å². The lowest BCUT2D eigenvalue weighted by molar-refractivity contribution is -0.394. The van der Waals surface area contributed by atoms with Crippen molar-refractivity contribution in [3.05, 3.63) is 68.3 Å². The molecule has 2 N–H and O–H groups in total. The normalized spacial score (nSPS) is 9.96. The van der Waals surface area contributed by atoms with Crippen molar-refractivity contribution in [1.82, 2.24) is 0 Å². The van der Waals surface area contributed by atoms with Gasteiger partial charge in [-0.3, -0.25) is 29.8 Å². The molecule has 2 aromatic rings. The number of carbonyl (C=O) groups is 2. The first kappa shape index (κ1) is 17.5. The number of rotatable bonds is 5. The molecule has 0 unspecified atom stereocenters. The van der Waals surface area contributed by atoms with Gasteiger partial charge in [0.2, 0.25) is 5.91 Å². The lowest BCUT2D eigenvalue weighted by Crippen LogP contribution is -2.14. The van der Waals surface area contributed by atoms with Crippen LogP contribution in [-0.2, 0) is 4.79 Å². The minimum atomic E-state index is -0.865. The van der Waals surface area contributed by atoms with Crippen LogP contribution in [-0.4, -0.2) is 21.7 Å². The highest BCUT2D eigenvalue weighted by atomic mass is 16.6. The number of nitro groups is 2. The predicted molar refractivity (Wildman–Crippen MR) is 88.4 cm³/mol. The number of nitrogens with zero attached hydrogens (tertiary/aromatic N) is 2. The molecule has 2 aromatic carbocycles. The molecule has 0 aliphatic rings. The van der Waals surface area contributed by atoms with E-state index in [2.05, 4.69) is 10.6 Å². The molecule has 10 nitrogen and oxygen atoms in total.